The van der Waals surface area contributed by atoms with Crippen LogP contribution in [0.3, 0.4) is 0 Å². The third-order valence-corrected chi connectivity index (χ3v) is 4.93. The van der Waals surface area contributed by atoms with Gasteiger partial charge < -0.3 is 4.98 Å². The molecule has 0 amide bonds. The van der Waals surface area contributed by atoms with Gasteiger partial charge in [0.15, 0.2) is 0 Å². The number of H-pyrrole nitrogens is 1. The summed E-state index contributed by atoms with van der Waals surface area (Å²) in [6.45, 7) is 6.25. The highest BCUT2D eigenvalue weighted by molar-refractivity contribution is 7.91. The minimum absolute atomic E-state index is 0.00662. The number of aromatic amines is 1. The van der Waals surface area contributed by atoms with Crippen LogP contribution in [-0.2, 0) is 16.3 Å². The van der Waals surface area contributed by atoms with Gasteiger partial charge in [0, 0.05) is 12.4 Å². The van der Waals surface area contributed by atoms with E-state index in [9.17, 15) is 8.42 Å². The summed E-state index contributed by atoms with van der Waals surface area (Å²) >= 11 is 0. The number of nitrogens with zero attached hydrogens (tertiary/aromatic N) is 1. The fourth-order valence-electron chi connectivity index (χ4n) is 2.11. The van der Waals surface area contributed by atoms with Crippen molar-refractivity contribution < 1.29 is 8.42 Å². The van der Waals surface area contributed by atoms with E-state index in [4.69, 9.17) is 0 Å². The van der Waals surface area contributed by atoms with Crippen LogP contribution >= 0.6 is 0 Å². The van der Waals surface area contributed by atoms with E-state index in [2.05, 4.69) is 23.8 Å². The minimum atomic E-state index is -3.56. The van der Waals surface area contributed by atoms with Crippen molar-refractivity contribution in [1.82, 2.24) is 9.97 Å². The second kappa shape index (κ2) is 5.79. The summed E-state index contributed by atoms with van der Waals surface area (Å²) in [7, 11) is -3.56. The van der Waals surface area contributed by atoms with Crippen molar-refractivity contribution >= 4 is 9.84 Å². The number of aryl methyl sites for hydroxylation is 2. The molecule has 1 aromatic carbocycles. The van der Waals surface area contributed by atoms with E-state index >= 15 is 0 Å². The van der Waals surface area contributed by atoms with Gasteiger partial charge in [-0.1, -0.05) is 31.5 Å². The molecular formula is C15H20N2O2S. The van der Waals surface area contributed by atoms with Crippen molar-refractivity contribution in [1.29, 1.82) is 0 Å². The third kappa shape index (κ3) is 3.10. The Morgan fingerprint density at radius 3 is 2.65 bits per heavy atom. The molecule has 0 saturated heterocycles. The first kappa shape index (κ1) is 14.8. The molecule has 0 aliphatic carbocycles. The third-order valence-electron chi connectivity index (χ3n) is 3.22. The minimum Gasteiger partial charge on any atom is -0.335 e. The first-order valence-corrected chi connectivity index (χ1v) is 8.23. The van der Waals surface area contributed by atoms with Crippen LogP contribution in [0.5, 0.6) is 0 Å². The van der Waals surface area contributed by atoms with Gasteiger partial charge in [-0.15, -0.1) is 0 Å². The summed E-state index contributed by atoms with van der Waals surface area (Å²) in [5.41, 5.74) is 1.94. The van der Waals surface area contributed by atoms with Crippen LogP contribution in [0.15, 0.2) is 40.6 Å². The Morgan fingerprint density at radius 2 is 2.05 bits per heavy atom. The molecule has 4 nitrogen and oxygen atoms in total. The molecule has 2 rings (SSSR count). The van der Waals surface area contributed by atoms with Crippen LogP contribution in [0.1, 0.15) is 31.4 Å². The Hall–Kier alpha value is -1.62. The smallest absolute Gasteiger partial charge is 0.240 e. The highest BCUT2D eigenvalue weighted by Crippen LogP contribution is 2.24. The number of hydrogen-bond acceptors (Lipinski definition) is 3. The number of imidazole rings is 1. The molecule has 0 aliphatic heterocycles. The normalized spacial score (nSPS) is 12.0. The average Bonchev–Trinajstić information content (AvgIpc) is 2.90. The summed E-state index contributed by atoms with van der Waals surface area (Å²) < 4.78 is 25.2. The van der Waals surface area contributed by atoms with Gasteiger partial charge in [-0.2, -0.15) is 0 Å². The number of rotatable bonds is 5. The lowest BCUT2D eigenvalue weighted by Crippen LogP contribution is -2.08. The zero-order valence-corrected chi connectivity index (χ0v) is 12.9. The molecular weight excluding hydrogens is 272 g/mol. The van der Waals surface area contributed by atoms with Crippen molar-refractivity contribution in [3.05, 3.63) is 41.7 Å². The van der Waals surface area contributed by atoms with Crippen LogP contribution in [0.25, 0.3) is 0 Å². The summed E-state index contributed by atoms with van der Waals surface area (Å²) in [5, 5.41) is 0.00662. The van der Waals surface area contributed by atoms with Crippen molar-refractivity contribution in [2.45, 2.75) is 43.7 Å². The quantitative estimate of drug-likeness (QED) is 0.920. The molecule has 0 fully saturated rings. The van der Waals surface area contributed by atoms with Crippen molar-refractivity contribution in [2.75, 3.05) is 0 Å². The van der Waals surface area contributed by atoms with E-state index in [-0.39, 0.29) is 5.16 Å². The summed E-state index contributed by atoms with van der Waals surface area (Å²) in [4.78, 5) is 6.92. The van der Waals surface area contributed by atoms with Gasteiger partial charge in [-0.25, -0.2) is 13.4 Å². The van der Waals surface area contributed by atoms with E-state index in [0.717, 1.165) is 24.0 Å². The zero-order chi connectivity index (χ0) is 14.8. The maximum atomic E-state index is 12.6. The Labute approximate surface area is 120 Å². The SMILES string of the molecule is Cc1ccc(S(=O)(=O)c2ncc[nH]2)c(CCC(C)C)c1. The van der Waals surface area contributed by atoms with Crippen molar-refractivity contribution in [3.63, 3.8) is 0 Å². The van der Waals surface area contributed by atoms with E-state index in [0.29, 0.717) is 10.8 Å². The van der Waals surface area contributed by atoms with Crippen molar-refractivity contribution in [2.24, 2.45) is 5.92 Å². The zero-order valence-electron chi connectivity index (χ0n) is 12.1. The van der Waals surface area contributed by atoms with Gasteiger partial charge in [-0.3, -0.25) is 0 Å². The summed E-state index contributed by atoms with van der Waals surface area (Å²) in [6.07, 6.45) is 4.70. The number of sulfone groups is 1. The molecule has 1 heterocycles. The van der Waals surface area contributed by atoms with Crippen LogP contribution in [-0.4, -0.2) is 18.4 Å². The number of aromatic nitrogens is 2. The summed E-state index contributed by atoms with van der Waals surface area (Å²) in [5.74, 6) is 0.537. The largest absolute Gasteiger partial charge is 0.335 e. The van der Waals surface area contributed by atoms with Gasteiger partial charge in [-0.05, 0) is 37.3 Å². The second-order valence-electron chi connectivity index (χ2n) is 5.44. The lowest BCUT2D eigenvalue weighted by atomic mass is 10.0. The standard InChI is InChI=1S/C15H20N2O2S/c1-11(2)4-6-13-10-12(3)5-7-14(13)20(18,19)15-16-8-9-17-15/h5,7-11H,4,6H2,1-3H3,(H,16,17). The second-order valence-corrected chi connectivity index (χ2v) is 7.27. The van der Waals surface area contributed by atoms with Crippen molar-refractivity contribution in [3.8, 4) is 0 Å². The monoisotopic (exact) mass is 292 g/mol. The number of benzene rings is 1. The topological polar surface area (TPSA) is 62.8 Å². The highest BCUT2D eigenvalue weighted by atomic mass is 32.2. The van der Waals surface area contributed by atoms with Gasteiger partial charge >= 0.3 is 0 Å². The molecule has 1 N–H and O–H groups in total. The molecule has 2 aromatic rings. The van der Waals surface area contributed by atoms with Crippen LogP contribution in [0.4, 0.5) is 0 Å². The first-order chi connectivity index (χ1) is 9.41. The molecule has 20 heavy (non-hydrogen) atoms. The Morgan fingerprint density at radius 1 is 1.30 bits per heavy atom. The molecule has 0 radical (unpaired) electrons. The van der Waals surface area contributed by atoms with Gasteiger partial charge in [0.05, 0.1) is 4.90 Å². The Bertz CT molecular complexity index is 674. The van der Waals surface area contributed by atoms with Crippen LogP contribution in [0.2, 0.25) is 0 Å². The molecule has 5 heteroatoms. The van der Waals surface area contributed by atoms with Gasteiger partial charge in [0.1, 0.15) is 0 Å². The van der Waals surface area contributed by atoms with Gasteiger partial charge in [0.2, 0.25) is 15.0 Å². The number of nitrogens with one attached hydrogen (secondary N) is 1. The lowest BCUT2D eigenvalue weighted by Gasteiger charge is -2.11. The molecule has 0 spiro atoms. The fourth-order valence-corrected chi connectivity index (χ4v) is 3.50. The van der Waals surface area contributed by atoms with E-state index in [1.54, 1.807) is 6.07 Å². The Kier molecular flexibility index (Phi) is 4.28. The Balaban J connectivity index is 2.46. The van der Waals surface area contributed by atoms with E-state index in [1.807, 2.05) is 19.1 Å². The maximum absolute atomic E-state index is 12.6. The molecule has 0 unspecified atom stereocenters. The molecule has 0 aliphatic rings. The molecule has 0 bridgehead atoms. The van der Waals surface area contributed by atoms with Crippen LogP contribution in [0, 0.1) is 12.8 Å². The van der Waals surface area contributed by atoms with Gasteiger partial charge in [0.25, 0.3) is 0 Å². The van der Waals surface area contributed by atoms with E-state index in [1.165, 1.54) is 12.4 Å². The fraction of sp³-hybridized carbons (Fsp3) is 0.400. The van der Waals surface area contributed by atoms with E-state index < -0.39 is 9.84 Å². The first-order valence-electron chi connectivity index (χ1n) is 6.75. The lowest BCUT2D eigenvalue weighted by molar-refractivity contribution is 0.573. The molecule has 108 valence electrons. The molecule has 0 atom stereocenters. The molecule has 1 aromatic heterocycles. The number of hydrogen-bond donors (Lipinski definition) is 1. The average molecular weight is 292 g/mol. The highest BCUT2D eigenvalue weighted by Gasteiger charge is 2.23. The predicted molar refractivity (Wildman–Crippen MR) is 78.4 cm³/mol. The predicted octanol–water partition coefficient (Wildman–Crippen LogP) is 3.14. The molecule has 0 saturated carbocycles. The maximum Gasteiger partial charge on any atom is 0.240 e. The van der Waals surface area contributed by atoms with Crippen LogP contribution < -0.4 is 0 Å². The summed E-state index contributed by atoms with van der Waals surface area (Å²) in [6, 6.07) is 5.47.